The molecule has 0 heterocycles. The average molecular weight is 780 g/mol. The number of carbonyl (C=O) groups is 2. The van der Waals surface area contributed by atoms with Gasteiger partial charge in [-0.1, -0.05) is 239 Å². The van der Waals surface area contributed by atoms with Crippen LogP contribution < -0.4 is 5.32 Å². The summed E-state index contributed by atoms with van der Waals surface area (Å²) in [5.74, 6) is -0.459. The molecule has 0 spiro atoms. The summed E-state index contributed by atoms with van der Waals surface area (Å²) >= 11 is 0. The van der Waals surface area contributed by atoms with Gasteiger partial charge >= 0.3 is 5.97 Å². The van der Waals surface area contributed by atoms with Crippen molar-refractivity contribution < 1.29 is 24.5 Å². The molecule has 0 rings (SSSR count). The van der Waals surface area contributed by atoms with E-state index < -0.39 is 18.2 Å². The van der Waals surface area contributed by atoms with Gasteiger partial charge in [0.2, 0.25) is 5.91 Å². The van der Waals surface area contributed by atoms with Crippen LogP contribution in [0.4, 0.5) is 0 Å². The SMILES string of the molecule is CCCCCCCCCCCCCCCCCCCC(O)C(CO)NC(=O)CC(CCCCCCCCCCCC)OC(=O)CCCCCCCCCCC. The molecule has 0 aliphatic carbocycles. The van der Waals surface area contributed by atoms with Crippen LogP contribution in [0.15, 0.2) is 0 Å². The number of amides is 1. The van der Waals surface area contributed by atoms with Crippen LogP contribution >= 0.6 is 0 Å². The lowest BCUT2D eigenvalue weighted by molar-refractivity contribution is -0.151. The first-order valence-corrected chi connectivity index (χ1v) is 24.8. The third kappa shape index (κ3) is 39.5. The quantitative estimate of drug-likeness (QED) is 0.0422. The molecule has 0 aliphatic heterocycles. The van der Waals surface area contributed by atoms with Crippen molar-refractivity contribution in [3.63, 3.8) is 0 Å². The predicted molar refractivity (Wildman–Crippen MR) is 237 cm³/mol. The number of hydrogen-bond donors (Lipinski definition) is 3. The number of esters is 1. The summed E-state index contributed by atoms with van der Waals surface area (Å²) in [6.45, 7) is 6.48. The molecule has 6 nitrogen and oxygen atoms in total. The normalized spacial score (nSPS) is 13.2. The van der Waals surface area contributed by atoms with Crippen molar-refractivity contribution in [2.75, 3.05) is 6.61 Å². The van der Waals surface area contributed by atoms with Gasteiger partial charge < -0.3 is 20.3 Å². The Morgan fingerprint density at radius 1 is 0.455 bits per heavy atom. The molecule has 0 radical (unpaired) electrons. The first kappa shape index (κ1) is 53.9. The summed E-state index contributed by atoms with van der Waals surface area (Å²) in [4.78, 5) is 25.9. The molecule has 0 bridgehead atoms. The minimum absolute atomic E-state index is 0.0866. The number of aliphatic hydroxyl groups excluding tert-OH is 2. The molecule has 0 saturated heterocycles. The van der Waals surface area contributed by atoms with Crippen LogP contribution in [0.5, 0.6) is 0 Å². The maximum Gasteiger partial charge on any atom is 0.306 e. The number of unbranched alkanes of at least 4 members (excludes halogenated alkanes) is 33. The number of hydrogen-bond acceptors (Lipinski definition) is 5. The van der Waals surface area contributed by atoms with Crippen LogP contribution in [0.2, 0.25) is 0 Å². The highest BCUT2D eigenvalue weighted by Crippen LogP contribution is 2.18. The van der Waals surface area contributed by atoms with Crippen molar-refractivity contribution in [3.05, 3.63) is 0 Å². The molecule has 0 aromatic rings. The summed E-state index contributed by atoms with van der Waals surface area (Å²) in [6.07, 6.45) is 46.0. The molecule has 0 aromatic heterocycles. The van der Waals surface area contributed by atoms with Gasteiger partial charge in [-0.05, 0) is 25.7 Å². The van der Waals surface area contributed by atoms with E-state index in [0.717, 1.165) is 44.9 Å². The van der Waals surface area contributed by atoms with Gasteiger partial charge in [0.05, 0.1) is 25.2 Å². The molecule has 0 fully saturated rings. The molecule has 6 heteroatoms. The summed E-state index contributed by atoms with van der Waals surface area (Å²) in [6, 6.07) is -0.691. The molecule has 3 unspecified atom stereocenters. The molecule has 0 aliphatic rings. The van der Waals surface area contributed by atoms with Gasteiger partial charge in [0.1, 0.15) is 6.10 Å². The third-order valence-corrected chi connectivity index (χ3v) is 11.7. The lowest BCUT2D eigenvalue weighted by Crippen LogP contribution is -2.46. The van der Waals surface area contributed by atoms with Gasteiger partial charge in [-0.25, -0.2) is 0 Å². The van der Waals surface area contributed by atoms with Crippen molar-refractivity contribution in [2.45, 2.75) is 296 Å². The molecular formula is C49H97NO5. The van der Waals surface area contributed by atoms with E-state index in [-0.39, 0.29) is 24.9 Å². The largest absolute Gasteiger partial charge is 0.462 e. The molecule has 1 amide bonds. The monoisotopic (exact) mass is 780 g/mol. The molecule has 3 N–H and O–H groups in total. The Kier molecular flexibility index (Phi) is 43.1. The molecule has 328 valence electrons. The second-order valence-electron chi connectivity index (χ2n) is 17.2. The zero-order valence-corrected chi connectivity index (χ0v) is 37.3. The zero-order valence-electron chi connectivity index (χ0n) is 37.3. The van der Waals surface area contributed by atoms with E-state index in [2.05, 4.69) is 26.1 Å². The minimum Gasteiger partial charge on any atom is -0.462 e. The van der Waals surface area contributed by atoms with Crippen molar-refractivity contribution in [1.82, 2.24) is 5.32 Å². The second-order valence-corrected chi connectivity index (χ2v) is 17.2. The van der Waals surface area contributed by atoms with E-state index in [0.29, 0.717) is 19.3 Å². The fourth-order valence-corrected chi connectivity index (χ4v) is 7.90. The maximum absolute atomic E-state index is 13.1. The van der Waals surface area contributed by atoms with E-state index in [9.17, 15) is 19.8 Å². The second kappa shape index (κ2) is 44.0. The van der Waals surface area contributed by atoms with Gasteiger partial charge in [0.25, 0.3) is 0 Å². The Morgan fingerprint density at radius 3 is 1.11 bits per heavy atom. The van der Waals surface area contributed by atoms with Crippen molar-refractivity contribution in [3.8, 4) is 0 Å². The Balaban J connectivity index is 4.38. The molecule has 0 saturated carbocycles. The van der Waals surface area contributed by atoms with E-state index in [4.69, 9.17) is 4.74 Å². The number of ether oxygens (including phenoxy) is 1. The molecule has 55 heavy (non-hydrogen) atoms. The Hall–Kier alpha value is -1.14. The molecule has 0 aromatic carbocycles. The van der Waals surface area contributed by atoms with Crippen LogP contribution in [0.1, 0.15) is 278 Å². The fraction of sp³-hybridized carbons (Fsp3) is 0.959. The van der Waals surface area contributed by atoms with Crippen molar-refractivity contribution >= 4 is 11.9 Å². The third-order valence-electron chi connectivity index (χ3n) is 11.7. The first-order chi connectivity index (χ1) is 27.0. The summed E-state index contributed by atoms with van der Waals surface area (Å²) in [7, 11) is 0. The number of aliphatic hydroxyl groups is 2. The van der Waals surface area contributed by atoms with Crippen LogP contribution in [-0.2, 0) is 14.3 Å². The smallest absolute Gasteiger partial charge is 0.306 e. The minimum atomic E-state index is -0.778. The predicted octanol–water partition coefficient (Wildman–Crippen LogP) is 14.4. The van der Waals surface area contributed by atoms with E-state index in [1.807, 2.05) is 0 Å². The van der Waals surface area contributed by atoms with Gasteiger partial charge in [0, 0.05) is 6.42 Å². The van der Waals surface area contributed by atoms with Crippen LogP contribution in [0.25, 0.3) is 0 Å². The zero-order chi connectivity index (χ0) is 40.3. The number of rotatable bonds is 45. The summed E-state index contributed by atoms with van der Waals surface area (Å²) in [5.41, 5.74) is 0. The lowest BCUT2D eigenvalue weighted by Gasteiger charge is -2.24. The van der Waals surface area contributed by atoms with Gasteiger partial charge in [-0.3, -0.25) is 9.59 Å². The first-order valence-electron chi connectivity index (χ1n) is 24.8. The van der Waals surface area contributed by atoms with Crippen LogP contribution in [-0.4, -0.2) is 46.9 Å². The van der Waals surface area contributed by atoms with Crippen molar-refractivity contribution in [2.24, 2.45) is 0 Å². The van der Waals surface area contributed by atoms with Crippen LogP contribution in [0, 0.1) is 0 Å². The van der Waals surface area contributed by atoms with E-state index in [1.54, 1.807) is 0 Å². The average Bonchev–Trinajstić information content (AvgIpc) is 3.18. The lowest BCUT2D eigenvalue weighted by atomic mass is 10.0. The maximum atomic E-state index is 13.1. The van der Waals surface area contributed by atoms with Gasteiger partial charge in [-0.15, -0.1) is 0 Å². The van der Waals surface area contributed by atoms with Crippen LogP contribution in [0.3, 0.4) is 0 Å². The van der Waals surface area contributed by atoms with E-state index in [1.165, 1.54) is 186 Å². The van der Waals surface area contributed by atoms with Gasteiger partial charge in [-0.2, -0.15) is 0 Å². The summed E-state index contributed by atoms with van der Waals surface area (Å²) in [5, 5.41) is 23.7. The van der Waals surface area contributed by atoms with Crippen molar-refractivity contribution in [1.29, 1.82) is 0 Å². The Labute approximate surface area is 343 Å². The fourth-order valence-electron chi connectivity index (χ4n) is 7.90. The number of carbonyl (C=O) groups excluding carboxylic acids is 2. The topological polar surface area (TPSA) is 95.9 Å². The Bertz CT molecular complexity index is 791. The molecular weight excluding hydrogens is 683 g/mol. The standard InChI is InChI=1S/C49H97NO5/c1-4-7-10-13-16-19-21-22-23-24-25-26-27-30-32-35-38-41-47(52)46(44-51)50-48(53)43-45(40-37-34-31-29-20-17-14-11-8-5-2)55-49(54)42-39-36-33-28-18-15-12-9-6-3/h45-47,51-52H,4-44H2,1-3H3,(H,50,53). The van der Waals surface area contributed by atoms with Gasteiger partial charge in [0.15, 0.2) is 0 Å². The highest BCUT2D eigenvalue weighted by Gasteiger charge is 2.24. The molecule has 3 atom stereocenters. The highest BCUT2D eigenvalue weighted by atomic mass is 16.5. The van der Waals surface area contributed by atoms with E-state index >= 15 is 0 Å². The Morgan fingerprint density at radius 2 is 0.764 bits per heavy atom. The summed E-state index contributed by atoms with van der Waals surface area (Å²) < 4.78 is 5.89. The highest BCUT2D eigenvalue weighted by molar-refractivity contribution is 5.77. The number of nitrogens with one attached hydrogen (secondary N) is 1.